The van der Waals surface area contributed by atoms with Crippen molar-refractivity contribution in [3.8, 4) is 22.9 Å². The molecule has 0 fully saturated rings. The lowest BCUT2D eigenvalue weighted by Gasteiger charge is -2.07. The molecular formula is C13H12ClN3O. The normalized spacial score (nSPS) is 10.1. The zero-order valence-electron chi connectivity index (χ0n) is 10.0. The van der Waals surface area contributed by atoms with E-state index in [4.69, 9.17) is 27.3 Å². The van der Waals surface area contributed by atoms with Gasteiger partial charge in [-0.15, -0.1) is 0 Å². The highest BCUT2D eigenvalue weighted by molar-refractivity contribution is 6.33. The van der Waals surface area contributed by atoms with E-state index < -0.39 is 0 Å². The average Bonchev–Trinajstić information content (AvgIpc) is 2.64. The Labute approximate surface area is 110 Å². The largest absolute Gasteiger partial charge is 0.497 e. The Bertz CT molecular complexity index is 640. The molecule has 1 aromatic heterocycles. The highest BCUT2D eigenvalue weighted by Gasteiger charge is 2.16. The summed E-state index contributed by atoms with van der Waals surface area (Å²) in [5, 5.41) is 9.50. The van der Waals surface area contributed by atoms with E-state index in [1.165, 1.54) is 0 Å². The Balaban J connectivity index is 2.63. The van der Waals surface area contributed by atoms with E-state index in [2.05, 4.69) is 11.1 Å². The van der Waals surface area contributed by atoms with Gasteiger partial charge >= 0.3 is 0 Å². The van der Waals surface area contributed by atoms with E-state index in [1.54, 1.807) is 19.2 Å². The van der Waals surface area contributed by atoms with Gasteiger partial charge in [0, 0.05) is 11.1 Å². The fourth-order valence-corrected chi connectivity index (χ4v) is 2.17. The van der Waals surface area contributed by atoms with Gasteiger partial charge in [-0.3, -0.25) is 0 Å². The number of nitrogens with two attached hydrogens (primary N) is 1. The molecule has 4 nitrogen and oxygen atoms in total. The third-order valence-electron chi connectivity index (χ3n) is 2.84. The smallest absolute Gasteiger partial charge is 0.122 e. The minimum atomic E-state index is 0.441. The van der Waals surface area contributed by atoms with Crippen molar-refractivity contribution in [3.63, 3.8) is 0 Å². The summed E-state index contributed by atoms with van der Waals surface area (Å²) in [6, 6.07) is 7.41. The lowest BCUT2D eigenvalue weighted by Crippen LogP contribution is -1.90. The Morgan fingerprint density at radius 2 is 2.17 bits per heavy atom. The minimum Gasteiger partial charge on any atom is -0.497 e. The number of methoxy groups -OCH3 is 1. The first kappa shape index (κ1) is 12.3. The van der Waals surface area contributed by atoms with Gasteiger partial charge in [-0.25, -0.2) is 0 Å². The van der Waals surface area contributed by atoms with Crippen LogP contribution < -0.4 is 10.5 Å². The number of H-pyrrole nitrogens is 1. The number of nitriles is 1. The van der Waals surface area contributed by atoms with Crippen LogP contribution in [0, 0.1) is 18.3 Å². The number of halogens is 1. The minimum absolute atomic E-state index is 0.441. The molecule has 0 unspecified atom stereocenters. The van der Waals surface area contributed by atoms with E-state index in [-0.39, 0.29) is 0 Å². The Morgan fingerprint density at radius 3 is 2.67 bits per heavy atom. The van der Waals surface area contributed by atoms with Crippen LogP contribution in [0.3, 0.4) is 0 Å². The number of rotatable bonds is 2. The van der Waals surface area contributed by atoms with E-state index in [0.717, 1.165) is 16.7 Å². The predicted molar refractivity (Wildman–Crippen MR) is 71.7 cm³/mol. The molecular weight excluding hydrogens is 250 g/mol. The molecule has 18 heavy (non-hydrogen) atoms. The van der Waals surface area contributed by atoms with Gasteiger partial charge in [0.25, 0.3) is 0 Å². The number of benzene rings is 1. The molecule has 0 atom stereocenters. The number of aromatic amines is 1. The summed E-state index contributed by atoms with van der Waals surface area (Å²) in [6.45, 7) is 1.83. The molecule has 92 valence electrons. The second-order valence-corrected chi connectivity index (χ2v) is 4.28. The number of nitrogens with zero attached hydrogens (tertiary/aromatic N) is 1. The number of aromatic nitrogens is 1. The average molecular weight is 262 g/mol. The van der Waals surface area contributed by atoms with Crippen LogP contribution in [-0.2, 0) is 0 Å². The molecule has 5 heteroatoms. The second-order valence-electron chi connectivity index (χ2n) is 3.87. The van der Waals surface area contributed by atoms with Crippen LogP contribution in [0.25, 0.3) is 11.1 Å². The third-order valence-corrected chi connectivity index (χ3v) is 3.15. The maximum atomic E-state index is 8.96. The molecule has 0 saturated carbocycles. The van der Waals surface area contributed by atoms with Gasteiger partial charge in [-0.05, 0) is 30.7 Å². The summed E-state index contributed by atoms with van der Waals surface area (Å²) in [7, 11) is 1.58. The first-order chi connectivity index (χ1) is 8.58. The maximum absolute atomic E-state index is 8.96. The molecule has 0 saturated heterocycles. The molecule has 1 aromatic carbocycles. The van der Waals surface area contributed by atoms with Crippen molar-refractivity contribution in [2.24, 2.45) is 0 Å². The summed E-state index contributed by atoms with van der Waals surface area (Å²) in [5.41, 5.74) is 8.69. The number of anilines is 1. The first-order valence-electron chi connectivity index (χ1n) is 5.30. The molecule has 0 radical (unpaired) electrons. The molecule has 0 bridgehead atoms. The van der Waals surface area contributed by atoms with Gasteiger partial charge in [-0.1, -0.05) is 11.6 Å². The number of hydrogen-bond acceptors (Lipinski definition) is 3. The zero-order chi connectivity index (χ0) is 13.3. The van der Waals surface area contributed by atoms with Crippen LogP contribution in [0.1, 0.15) is 11.3 Å². The van der Waals surface area contributed by atoms with Crippen molar-refractivity contribution in [1.29, 1.82) is 5.26 Å². The van der Waals surface area contributed by atoms with Crippen LogP contribution in [0.2, 0.25) is 5.02 Å². The van der Waals surface area contributed by atoms with Gasteiger partial charge in [0.05, 0.1) is 12.1 Å². The van der Waals surface area contributed by atoms with Crippen molar-refractivity contribution in [3.05, 3.63) is 34.5 Å². The standard InChI is InChI=1S/C13H12ClN3O/c1-7-11(6-15)17-13(16)12(7)9-4-3-8(18-2)5-10(9)14/h3-5,17H,16H2,1-2H3. The maximum Gasteiger partial charge on any atom is 0.122 e. The third kappa shape index (κ3) is 1.89. The Morgan fingerprint density at radius 1 is 1.44 bits per heavy atom. The summed E-state index contributed by atoms with van der Waals surface area (Å²) in [6.07, 6.45) is 0. The quantitative estimate of drug-likeness (QED) is 0.872. The van der Waals surface area contributed by atoms with Crippen LogP contribution in [-0.4, -0.2) is 12.1 Å². The van der Waals surface area contributed by atoms with E-state index in [9.17, 15) is 0 Å². The lowest BCUT2D eigenvalue weighted by atomic mass is 10.0. The van der Waals surface area contributed by atoms with Gasteiger partial charge in [-0.2, -0.15) is 5.26 Å². The monoisotopic (exact) mass is 261 g/mol. The van der Waals surface area contributed by atoms with Crippen molar-refractivity contribution in [1.82, 2.24) is 4.98 Å². The number of hydrogen-bond donors (Lipinski definition) is 2. The fraction of sp³-hybridized carbons (Fsp3) is 0.154. The van der Waals surface area contributed by atoms with Crippen LogP contribution in [0.15, 0.2) is 18.2 Å². The van der Waals surface area contributed by atoms with Crippen molar-refractivity contribution >= 4 is 17.4 Å². The van der Waals surface area contributed by atoms with Crippen molar-refractivity contribution < 1.29 is 4.74 Å². The number of nitrogens with one attached hydrogen (secondary N) is 1. The van der Waals surface area contributed by atoms with Crippen molar-refractivity contribution in [2.45, 2.75) is 6.92 Å². The lowest BCUT2D eigenvalue weighted by molar-refractivity contribution is 0.415. The van der Waals surface area contributed by atoms with Gasteiger partial charge < -0.3 is 15.5 Å². The van der Waals surface area contributed by atoms with E-state index >= 15 is 0 Å². The number of ether oxygens (including phenoxy) is 1. The van der Waals surface area contributed by atoms with Crippen LogP contribution >= 0.6 is 11.6 Å². The van der Waals surface area contributed by atoms with E-state index in [1.807, 2.05) is 13.0 Å². The zero-order valence-corrected chi connectivity index (χ0v) is 10.8. The fourth-order valence-electron chi connectivity index (χ4n) is 1.90. The molecule has 0 aliphatic heterocycles. The van der Waals surface area contributed by atoms with Crippen LogP contribution in [0.4, 0.5) is 5.82 Å². The number of nitrogen functional groups attached to an aromatic ring is 1. The Kier molecular flexibility index (Phi) is 3.17. The molecule has 0 aliphatic rings. The summed E-state index contributed by atoms with van der Waals surface area (Å²) in [5.74, 6) is 1.12. The SMILES string of the molecule is COc1ccc(-c2c(N)[nH]c(C#N)c2C)c(Cl)c1. The molecule has 2 rings (SSSR count). The van der Waals surface area contributed by atoms with E-state index in [0.29, 0.717) is 22.3 Å². The van der Waals surface area contributed by atoms with Gasteiger partial charge in [0.15, 0.2) is 0 Å². The molecule has 0 spiro atoms. The predicted octanol–water partition coefficient (Wildman–Crippen LogP) is 3.11. The highest BCUT2D eigenvalue weighted by atomic mass is 35.5. The molecule has 2 aromatic rings. The summed E-state index contributed by atoms with van der Waals surface area (Å²) < 4.78 is 5.10. The molecule has 0 aliphatic carbocycles. The Hall–Kier alpha value is -2.12. The van der Waals surface area contributed by atoms with Crippen LogP contribution in [0.5, 0.6) is 5.75 Å². The topological polar surface area (TPSA) is 74.8 Å². The molecule has 0 amide bonds. The van der Waals surface area contributed by atoms with Gasteiger partial charge in [0.1, 0.15) is 23.3 Å². The summed E-state index contributed by atoms with van der Waals surface area (Å²) in [4.78, 5) is 2.84. The molecule has 3 N–H and O–H groups in total. The molecule has 1 heterocycles. The van der Waals surface area contributed by atoms with Gasteiger partial charge in [0.2, 0.25) is 0 Å². The van der Waals surface area contributed by atoms with Crippen molar-refractivity contribution in [2.75, 3.05) is 12.8 Å². The summed E-state index contributed by atoms with van der Waals surface area (Å²) >= 11 is 6.21. The highest BCUT2D eigenvalue weighted by Crippen LogP contribution is 2.37. The second kappa shape index (κ2) is 4.63. The first-order valence-corrected chi connectivity index (χ1v) is 5.68.